The van der Waals surface area contributed by atoms with E-state index in [2.05, 4.69) is 45.6 Å². The smallest absolute Gasteiger partial charge is 0.222 e. The number of carbonyl (C=O) groups is 1. The molecular weight excluding hydrogens is 382 g/mol. The highest BCUT2D eigenvalue weighted by Gasteiger charge is 2.16. The lowest BCUT2D eigenvalue weighted by atomic mass is 10.1. The molecule has 0 bridgehead atoms. The molecular formula is C22H27N5OS. The maximum absolute atomic E-state index is 12.3. The van der Waals surface area contributed by atoms with E-state index in [0.29, 0.717) is 25.4 Å². The highest BCUT2D eigenvalue weighted by atomic mass is 32.1. The number of aromatic nitrogens is 3. The van der Waals surface area contributed by atoms with E-state index in [1.54, 1.807) is 12.4 Å². The molecule has 2 heterocycles. The molecule has 2 aromatic heterocycles. The van der Waals surface area contributed by atoms with E-state index in [1.807, 2.05) is 30.3 Å². The van der Waals surface area contributed by atoms with Gasteiger partial charge in [-0.2, -0.15) is 4.37 Å². The third-order valence-electron chi connectivity index (χ3n) is 4.37. The van der Waals surface area contributed by atoms with Crippen LogP contribution in [0.2, 0.25) is 0 Å². The summed E-state index contributed by atoms with van der Waals surface area (Å²) in [5, 5.41) is 3.85. The second-order valence-electron chi connectivity index (χ2n) is 7.38. The number of anilines is 1. The molecule has 0 unspecified atom stereocenters. The molecule has 3 rings (SSSR count). The molecule has 0 spiro atoms. The summed E-state index contributed by atoms with van der Waals surface area (Å²) in [6.45, 7) is 6.33. The van der Waals surface area contributed by atoms with E-state index in [1.165, 1.54) is 17.1 Å². The van der Waals surface area contributed by atoms with Gasteiger partial charge >= 0.3 is 0 Å². The van der Waals surface area contributed by atoms with Gasteiger partial charge in [0.1, 0.15) is 5.82 Å². The van der Waals surface area contributed by atoms with Crippen LogP contribution in [0.3, 0.4) is 0 Å². The first kappa shape index (κ1) is 20.9. The van der Waals surface area contributed by atoms with Crippen LogP contribution in [0.25, 0.3) is 0 Å². The molecule has 0 aliphatic rings. The van der Waals surface area contributed by atoms with Crippen LogP contribution >= 0.6 is 11.5 Å². The van der Waals surface area contributed by atoms with Crippen molar-refractivity contribution < 1.29 is 4.79 Å². The molecule has 0 atom stereocenters. The fraction of sp³-hybridized carbons (Fsp3) is 0.364. The predicted octanol–water partition coefficient (Wildman–Crippen LogP) is 3.69. The molecule has 1 aromatic carbocycles. The average Bonchev–Trinajstić information content (AvgIpc) is 3.19. The van der Waals surface area contributed by atoms with Gasteiger partial charge in [0.15, 0.2) is 0 Å². The van der Waals surface area contributed by atoms with Crippen LogP contribution in [0.15, 0.2) is 54.9 Å². The summed E-state index contributed by atoms with van der Waals surface area (Å²) in [7, 11) is 0. The van der Waals surface area contributed by atoms with Crippen LogP contribution < -0.4 is 10.2 Å². The number of nitrogens with zero attached hydrogens (tertiary/aromatic N) is 4. The standard InChI is InChI=1S/C22H27N5OS/c1-17(2)16-27(13-10-21(28)24-15-19-8-11-23-12-9-19)22-25-20(26-29-22)14-18-6-4-3-5-7-18/h3-9,11-12,17H,10,13-16H2,1-2H3,(H,24,28). The third-order valence-corrected chi connectivity index (χ3v) is 5.18. The minimum atomic E-state index is 0.0320. The third kappa shape index (κ3) is 6.94. The number of pyridine rings is 1. The van der Waals surface area contributed by atoms with Gasteiger partial charge in [-0.05, 0) is 29.2 Å². The molecule has 29 heavy (non-hydrogen) atoms. The minimum Gasteiger partial charge on any atom is -0.352 e. The molecule has 1 amide bonds. The zero-order valence-electron chi connectivity index (χ0n) is 16.9. The fourth-order valence-corrected chi connectivity index (χ4v) is 3.68. The number of hydrogen-bond donors (Lipinski definition) is 1. The van der Waals surface area contributed by atoms with E-state index < -0.39 is 0 Å². The maximum atomic E-state index is 12.3. The highest BCUT2D eigenvalue weighted by Crippen LogP contribution is 2.20. The Bertz CT molecular complexity index is 882. The summed E-state index contributed by atoms with van der Waals surface area (Å²) < 4.78 is 4.53. The Hall–Kier alpha value is -2.80. The lowest BCUT2D eigenvalue weighted by Crippen LogP contribution is -2.33. The first-order valence-corrected chi connectivity index (χ1v) is 10.6. The lowest BCUT2D eigenvalue weighted by Gasteiger charge is -2.23. The lowest BCUT2D eigenvalue weighted by molar-refractivity contribution is -0.121. The van der Waals surface area contributed by atoms with Gasteiger partial charge in [0.05, 0.1) is 0 Å². The van der Waals surface area contributed by atoms with Crippen LogP contribution in [0.4, 0.5) is 5.13 Å². The molecule has 152 valence electrons. The second-order valence-corrected chi connectivity index (χ2v) is 8.11. The summed E-state index contributed by atoms with van der Waals surface area (Å²) in [4.78, 5) is 23.2. The largest absolute Gasteiger partial charge is 0.352 e. The summed E-state index contributed by atoms with van der Waals surface area (Å²) in [5.41, 5.74) is 2.24. The van der Waals surface area contributed by atoms with Crippen molar-refractivity contribution in [1.29, 1.82) is 0 Å². The molecule has 0 saturated heterocycles. The van der Waals surface area contributed by atoms with E-state index in [9.17, 15) is 4.79 Å². The summed E-state index contributed by atoms with van der Waals surface area (Å²) in [6, 6.07) is 14.0. The van der Waals surface area contributed by atoms with Gasteiger partial charge in [-0.25, -0.2) is 4.98 Å². The van der Waals surface area contributed by atoms with Crippen molar-refractivity contribution in [3.05, 3.63) is 71.8 Å². The average molecular weight is 410 g/mol. The summed E-state index contributed by atoms with van der Waals surface area (Å²) in [6.07, 6.45) is 4.60. The quantitative estimate of drug-likeness (QED) is 0.553. The normalized spacial score (nSPS) is 10.9. The van der Waals surface area contributed by atoms with Gasteiger partial charge in [-0.1, -0.05) is 44.2 Å². The maximum Gasteiger partial charge on any atom is 0.222 e. The van der Waals surface area contributed by atoms with Crippen LogP contribution in [0.5, 0.6) is 0 Å². The number of nitrogens with one attached hydrogen (secondary N) is 1. The summed E-state index contributed by atoms with van der Waals surface area (Å²) in [5.74, 6) is 1.33. The Morgan fingerprint density at radius 1 is 1.10 bits per heavy atom. The molecule has 7 heteroatoms. The number of hydrogen-bond acceptors (Lipinski definition) is 6. The molecule has 3 aromatic rings. The van der Waals surface area contributed by atoms with E-state index >= 15 is 0 Å². The molecule has 0 radical (unpaired) electrons. The Labute approximate surface area is 176 Å². The van der Waals surface area contributed by atoms with Crippen molar-refractivity contribution in [2.24, 2.45) is 5.92 Å². The van der Waals surface area contributed by atoms with Gasteiger partial charge in [0.25, 0.3) is 0 Å². The zero-order valence-corrected chi connectivity index (χ0v) is 17.7. The van der Waals surface area contributed by atoms with Gasteiger partial charge in [0, 0.05) is 56.4 Å². The SMILES string of the molecule is CC(C)CN(CCC(=O)NCc1ccncc1)c1nc(Cc2ccccc2)ns1. The van der Waals surface area contributed by atoms with Crippen molar-refractivity contribution in [3.8, 4) is 0 Å². The first-order chi connectivity index (χ1) is 14.1. The van der Waals surface area contributed by atoms with Crippen molar-refractivity contribution >= 4 is 22.6 Å². The van der Waals surface area contributed by atoms with Gasteiger partial charge in [-0.15, -0.1) is 0 Å². The fourth-order valence-electron chi connectivity index (χ4n) is 2.96. The Kier molecular flexibility index (Phi) is 7.69. The highest BCUT2D eigenvalue weighted by molar-refractivity contribution is 7.09. The number of carbonyl (C=O) groups excluding carboxylic acids is 1. The predicted molar refractivity (Wildman–Crippen MR) is 117 cm³/mol. The topological polar surface area (TPSA) is 71.0 Å². The Morgan fingerprint density at radius 3 is 2.59 bits per heavy atom. The van der Waals surface area contributed by atoms with Crippen LogP contribution in [0.1, 0.15) is 37.2 Å². The van der Waals surface area contributed by atoms with Crippen molar-refractivity contribution in [3.63, 3.8) is 0 Å². The number of amides is 1. The molecule has 0 fully saturated rings. The second kappa shape index (κ2) is 10.7. The van der Waals surface area contributed by atoms with Crippen LogP contribution in [-0.4, -0.2) is 33.3 Å². The molecule has 0 aliphatic carbocycles. The zero-order chi connectivity index (χ0) is 20.5. The minimum absolute atomic E-state index is 0.0320. The molecule has 6 nitrogen and oxygen atoms in total. The number of rotatable bonds is 10. The molecule has 1 N–H and O–H groups in total. The van der Waals surface area contributed by atoms with Crippen LogP contribution in [-0.2, 0) is 17.8 Å². The number of benzene rings is 1. The Morgan fingerprint density at radius 2 is 1.86 bits per heavy atom. The summed E-state index contributed by atoms with van der Waals surface area (Å²) >= 11 is 1.41. The van der Waals surface area contributed by atoms with Crippen molar-refractivity contribution in [2.45, 2.75) is 33.2 Å². The van der Waals surface area contributed by atoms with Gasteiger partial charge in [0.2, 0.25) is 11.0 Å². The van der Waals surface area contributed by atoms with Crippen molar-refractivity contribution in [2.75, 3.05) is 18.0 Å². The van der Waals surface area contributed by atoms with E-state index in [4.69, 9.17) is 4.98 Å². The van der Waals surface area contributed by atoms with Gasteiger partial charge in [-0.3, -0.25) is 9.78 Å². The Balaban J connectivity index is 1.55. The van der Waals surface area contributed by atoms with Gasteiger partial charge < -0.3 is 10.2 Å². The molecule has 0 saturated carbocycles. The molecule has 0 aliphatic heterocycles. The van der Waals surface area contributed by atoms with E-state index in [-0.39, 0.29) is 5.91 Å². The van der Waals surface area contributed by atoms with E-state index in [0.717, 1.165) is 29.5 Å². The van der Waals surface area contributed by atoms with Crippen molar-refractivity contribution in [1.82, 2.24) is 19.7 Å². The van der Waals surface area contributed by atoms with Crippen LogP contribution in [0, 0.1) is 5.92 Å². The first-order valence-electron chi connectivity index (χ1n) is 9.87. The monoisotopic (exact) mass is 409 g/mol.